The van der Waals surface area contributed by atoms with E-state index in [0.717, 1.165) is 31.6 Å². The van der Waals surface area contributed by atoms with Crippen molar-refractivity contribution in [2.75, 3.05) is 43.5 Å². The molecular formula is C22H27N3O4S. The number of methoxy groups -OCH3 is 1. The summed E-state index contributed by atoms with van der Waals surface area (Å²) in [5, 5.41) is 2.85. The number of ether oxygens (including phenoxy) is 1. The molecule has 0 saturated carbocycles. The van der Waals surface area contributed by atoms with E-state index in [4.69, 9.17) is 4.74 Å². The van der Waals surface area contributed by atoms with Crippen LogP contribution in [0.15, 0.2) is 47.4 Å². The molecule has 2 aromatic rings. The van der Waals surface area contributed by atoms with E-state index in [2.05, 4.69) is 10.2 Å². The highest BCUT2D eigenvalue weighted by atomic mass is 32.2. The Kier molecular flexibility index (Phi) is 5.97. The molecule has 1 amide bonds. The van der Waals surface area contributed by atoms with Crippen LogP contribution in [0.4, 0.5) is 11.4 Å². The Morgan fingerprint density at radius 1 is 0.933 bits per heavy atom. The summed E-state index contributed by atoms with van der Waals surface area (Å²) < 4.78 is 32.5. The van der Waals surface area contributed by atoms with Crippen molar-refractivity contribution >= 4 is 27.3 Å². The molecule has 2 aliphatic heterocycles. The van der Waals surface area contributed by atoms with E-state index >= 15 is 0 Å². The van der Waals surface area contributed by atoms with Gasteiger partial charge in [0.25, 0.3) is 5.91 Å². The minimum Gasteiger partial charge on any atom is -0.496 e. The standard InChI is InChI=1S/C22H27N3O4S/c1-29-21-11-10-19(30(27,28)25-14-4-5-15-25)16-20(21)22(26)23-17-6-8-18(9-7-17)24-12-2-3-13-24/h6-11,16H,2-5,12-15H2,1H3,(H,23,26). The summed E-state index contributed by atoms with van der Waals surface area (Å²) in [5.74, 6) is -0.0687. The van der Waals surface area contributed by atoms with Crippen LogP contribution in [0, 0.1) is 0 Å². The van der Waals surface area contributed by atoms with Gasteiger partial charge in [0.15, 0.2) is 0 Å². The van der Waals surface area contributed by atoms with Crippen LogP contribution in [-0.4, -0.2) is 51.9 Å². The van der Waals surface area contributed by atoms with Crippen LogP contribution in [0.2, 0.25) is 0 Å². The van der Waals surface area contributed by atoms with Gasteiger partial charge in [-0.1, -0.05) is 0 Å². The van der Waals surface area contributed by atoms with Gasteiger partial charge in [0, 0.05) is 37.6 Å². The summed E-state index contributed by atoms with van der Waals surface area (Å²) in [6.07, 6.45) is 4.12. The zero-order chi connectivity index (χ0) is 21.1. The summed E-state index contributed by atoms with van der Waals surface area (Å²) in [5.41, 5.74) is 1.99. The van der Waals surface area contributed by atoms with Crippen molar-refractivity contribution in [3.63, 3.8) is 0 Å². The number of nitrogens with one attached hydrogen (secondary N) is 1. The summed E-state index contributed by atoms with van der Waals surface area (Å²) >= 11 is 0. The van der Waals surface area contributed by atoms with Crippen LogP contribution in [0.1, 0.15) is 36.0 Å². The Labute approximate surface area is 177 Å². The summed E-state index contributed by atoms with van der Waals surface area (Å²) in [7, 11) is -2.15. The number of hydrogen-bond acceptors (Lipinski definition) is 5. The van der Waals surface area contributed by atoms with Crippen molar-refractivity contribution in [3.05, 3.63) is 48.0 Å². The predicted molar refractivity (Wildman–Crippen MR) is 117 cm³/mol. The van der Waals surface area contributed by atoms with E-state index < -0.39 is 15.9 Å². The summed E-state index contributed by atoms with van der Waals surface area (Å²) in [4.78, 5) is 15.4. The molecule has 0 spiro atoms. The van der Waals surface area contributed by atoms with Gasteiger partial charge in [0.2, 0.25) is 10.0 Å². The molecule has 8 heteroatoms. The lowest BCUT2D eigenvalue weighted by molar-refractivity contribution is 0.102. The molecule has 0 aliphatic carbocycles. The third-order valence-electron chi connectivity index (χ3n) is 5.71. The highest BCUT2D eigenvalue weighted by molar-refractivity contribution is 7.89. The second-order valence-electron chi connectivity index (χ2n) is 7.67. The number of sulfonamides is 1. The third-order valence-corrected chi connectivity index (χ3v) is 7.61. The zero-order valence-electron chi connectivity index (χ0n) is 17.1. The van der Waals surface area contributed by atoms with E-state index in [1.54, 1.807) is 0 Å². The summed E-state index contributed by atoms with van der Waals surface area (Å²) in [6, 6.07) is 12.1. The van der Waals surface area contributed by atoms with Gasteiger partial charge in [0.1, 0.15) is 5.75 Å². The molecule has 0 unspecified atom stereocenters. The maximum Gasteiger partial charge on any atom is 0.259 e. The third kappa shape index (κ3) is 4.15. The van der Waals surface area contributed by atoms with Crippen LogP contribution in [0.5, 0.6) is 5.75 Å². The molecule has 160 valence electrons. The van der Waals surface area contributed by atoms with Gasteiger partial charge in [-0.25, -0.2) is 8.42 Å². The first-order valence-electron chi connectivity index (χ1n) is 10.3. The van der Waals surface area contributed by atoms with Crippen LogP contribution in [-0.2, 0) is 10.0 Å². The van der Waals surface area contributed by atoms with Gasteiger partial charge in [0.05, 0.1) is 17.6 Å². The highest BCUT2D eigenvalue weighted by Gasteiger charge is 2.28. The molecule has 1 N–H and O–H groups in total. The van der Waals surface area contributed by atoms with Crippen LogP contribution in [0.25, 0.3) is 0 Å². The van der Waals surface area contributed by atoms with Crippen LogP contribution >= 0.6 is 0 Å². The van der Waals surface area contributed by atoms with Crippen molar-refractivity contribution in [3.8, 4) is 5.75 Å². The molecule has 7 nitrogen and oxygen atoms in total. The maximum atomic E-state index is 12.9. The Morgan fingerprint density at radius 2 is 1.57 bits per heavy atom. The molecule has 30 heavy (non-hydrogen) atoms. The first kappa shape index (κ1) is 20.7. The fraction of sp³-hybridized carbons (Fsp3) is 0.409. The van der Waals surface area contributed by atoms with Crippen molar-refractivity contribution < 1.29 is 17.9 Å². The predicted octanol–water partition coefficient (Wildman–Crippen LogP) is 3.33. The molecule has 0 atom stereocenters. The van der Waals surface area contributed by atoms with Gasteiger partial charge in [-0.05, 0) is 68.1 Å². The van der Waals surface area contributed by atoms with E-state index in [1.807, 2.05) is 24.3 Å². The first-order chi connectivity index (χ1) is 14.5. The number of anilines is 2. The van der Waals surface area contributed by atoms with E-state index in [-0.39, 0.29) is 10.5 Å². The van der Waals surface area contributed by atoms with Crippen LogP contribution < -0.4 is 15.0 Å². The minimum atomic E-state index is -3.62. The topological polar surface area (TPSA) is 79.0 Å². The number of nitrogens with zero attached hydrogens (tertiary/aromatic N) is 2. The Hall–Kier alpha value is -2.58. The smallest absolute Gasteiger partial charge is 0.259 e. The highest BCUT2D eigenvalue weighted by Crippen LogP contribution is 2.28. The minimum absolute atomic E-state index is 0.111. The molecule has 0 aromatic heterocycles. The maximum absolute atomic E-state index is 12.9. The van der Waals surface area contributed by atoms with E-state index in [1.165, 1.54) is 42.5 Å². The van der Waals surface area contributed by atoms with Gasteiger partial charge in [-0.2, -0.15) is 4.31 Å². The molecule has 2 saturated heterocycles. The lowest BCUT2D eigenvalue weighted by atomic mass is 10.1. The molecular weight excluding hydrogens is 402 g/mol. The summed E-state index contributed by atoms with van der Waals surface area (Å²) in [6.45, 7) is 3.14. The number of rotatable bonds is 6. The lowest BCUT2D eigenvalue weighted by Crippen LogP contribution is -2.28. The van der Waals surface area contributed by atoms with Crippen molar-refractivity contribution in [1.29, 1.82) is 0 Å². The van der Waals surface area contributed by atoms with Crippen molar-refractivity contribution in [2.45, 2.75) is 30.6 Å². The Morgan fingerprint density at radius 3 is 2.20 bits per heavy atom. The number of benzene rings is 2. The Balaban J connectivity index is 1.55. The van der Waals surface area contributed by atoms with Gasteiger partial charge >= 0.3 is 0 Å². The number of hydrogen-bond donors (Lipinski definition) is 1. The molecule has 4 rings (SSSR count). The quantitative estimate of drug-likeness (QED) is 0.762. The van der Waals surface area contributed by atoms with Gasteiger partial charge < -0.3 is 15.0 Å². The van der Waals surface area contributed by atoms with Crippen LogP contribution in [0.3, 0.4) is 0 Å². The molecule has 0 radical (unpaired) electrons. The van der Waals surface area contributed by atoms with Gasteiger partial charge in [-0.15, -0.1) is 0 Å². The normalized spacial score (nSPS) is 17.3. The first-order valence-corrected chi connectivity index (χ1v) is 11.8. The largest absolute Gasteiger partial charge is 0.496 e. The second-order valence-corrected chi connectivity index (χ2v) is 9.61. The fourth-order valence-corrected chi connectivity index (χ4v) is 5.58. The fourth-order valence-electron chi connectivity index (χ4n) is 4.03. The van der Waals surface area contributed by atoms with Gasteiger partial charge in [-0.3, -0.25) is 4.79 Å². The van der Waals surface area contributed by atoms with E-state index in [9.17, 15) is 13.2 Å². The monoisotopic (exact) mass is 429 g/mol. The van der Waals surface area contributed by atoms with Crippen molar-refractivity contribution in [2.24, 2.45) is 0 Å². The number of carbonyl (C=O) groups is 1. The number of carbonyl (C=O) groups excluding carboxylic acids is 1. The molecule has 2 aromatic carbocycles. The Bertz CT molecular complexity index is 1010. The number of amides is 1. The lowest BCUT2D eigenvalue weighted by Gasteiger charge is -2.18. The second kappa shape index (κ2) is 8.65. The molecule has 2 fully saturated rings. The molecule has 0 bridgehead atoms. The van der Waals surface area contributed by atoms with E-state index in [0.29, 0.717) is 24.5 Å². The SMILES string of the molecule is COc1ccc(S(=O)(=O)N2CCCC2)cc1C(=O)Nc1ccc(N2CCCC2)cc1. The average molecular weight is 430 g/mol. The molecule has 2 aliphatic rings. The van der Waals surface area contributed by atoms with Crippen molar-refractivity contribution in [1.82, 2.24) is 4.31 Å². The molecule has 2 heterocycles. The zero-order valence-corrected chi connectivity index (χ0v) is 18.0. The average Bonchev–Trinajstić information content (AvgIpc) is 3.48.